The Kier molecular flexibility index (Phi) is 4.00. The smallest absolute Gasteiger partial charge is 0.0608 e. The summed E-state index contributed by atoms with van der Waals surface area (Å²) in [5.41, 5.74) is 2.74. The second-order valence-corrected chi connectivity index (χ2v) is 4.95. The highest BCUT2D eigenvalue weighted by Gasteiger charge is 2.24. The molecule has 0 radical (unpaired) electrons. The molecule has 1 saturated carbocycles. The zero-order valence-electron chi connectivity index (χ0n) is 10.2. The molecule has 1 aromatic carbocycles. The van der Waals surface area contributed by atoms with E-state index in [1.807, 2.05) is 0 Å². The van der Waals surface area contributed by atoms with Crippen LogP contribution in [0.2, 0.25) is 0 Å². The van der Waals surface area contributed by atoms with Gasteiger partial charge in [0.15, 0.2) is 0 Å². The SMILES string of the molecule is CCCc1ccc([C@H]2CCCC[C@H]2O)cc1. The second kappa shape index (κ2) is 5.49. The van der Waals surface area contributed by atoms with E-state index in [1.54, 1.807) is 0 Å². The van der Waals surface area contributed by atoms with Crippen LogP contribution in [0.5, 0.6) is 0 Å². The average Bonchev–Trinajstić information content (AvgIpc) is 2.31. The Morgan fingerprint density at radius 3 is 2.44 bits per heavy atom. The molecule has 2 rings (SSSR count). The summed E-state index contributed by atoms with van der Waals surface area (Å²) < 4.78 is 0. The molecule has 0 spiro atoms. The first-order chi connectivity index (χ1) is 7.81. The molecule has 16 heavy (non-hydrogen) atoms. The number of rotatable bonds is 3. The Morgan fingerprint density at radius 2 is 1.81 bits per heavy atom. The minimum Gasteiger partial charge on any atom is -0.392 e. The van der Waals surface area contributed by atoms with Gasteiger partial charge in [-0.3, -0.25) is 0 Å². The van der Waals surface area contributed by atoms with E-state index in [-0.39, 0.29) is 6.10 Å². The lowest BCUT2D eigenvalue weighted by Crippen LogP contribution is -2.22. The highest BCUT2D eigenvalue weighted by Crippen LogP contribution is 2.33. The molecular weight excluding hydrogens is 196 g/mol. The number of benzene rings is 1. The van der Waals surface area contributed by atoms with Gasteiger partial charge in [0.1, 0.15) is 0 Å². The molecule has 0 bridgehead atoms. The Balaban J connectivity index is 2.08. The van der Waals surface area contributed by atoms with Gasteiger partial charge in [-0.25, -0.2) is 0 Å². The second-order valence-electron chi connectivity index (χ2n) is 4.95. The lowest BCUT2D eigenvalue weighted by Gasteiger charge is -2.28. The Morgan fingerprint density at radius 1 is 1.12 bits per heavy atom. The van der Waals surface area contributed by atoms with Crippen molar-refractivity contribution >= 4 is 0 Å². The van der Waals surface area contributed by atoms with Gasteiger partial charge in [0.2, 0.25) is 0 Å². The van der Waals surface area contributed by atoms with E-state index >= 15 is 0 Å². The average molecular weight is 218 g/mol. The summed E-state index contributed by atoms with van der Waals surface area (Å²) in [6.07, 6.45) is 6.81. The van der Waals surface area contributed by atoms with Crippen LogP contribution < -0.4 is 0 Å². The zero-order valence-corrected chi connectivity index (χ0v) is 10.2. The molecule has 0 saturated heterocycles. The van der Waals surface area contributed by atoms with Gasteiger partial charge in [0.25, 0.3) is 0 Å². The van der Waals surface area contributed by atoms with Gasteiger partial charge < -0.3 is 5.11 Å². The highest BCUT2D eigenvalue weighted by molar-refractivity contribution is 5.26. The normalized spacial score (nSPS) is 25.6. The highest BCUT2D eigenvalue weighted by atomic mass is 16.3. The van der Waals surface area contributed by atoms with E-state index in [1.165, 1.54) is 30.4 Å². The third-order valence-corrected chi connectivity index (χ3v) is 3.68. The molecule has 2 atom stereocenters. The first-order valence-corrected chi connectivity index (χ1v) is 6.58. The molecule has 0 heterocycles. The molecule has 0 aromatic heterocycles. The summed E-state index contributed by atoms with van der Waals surface area (Å²) in [5.74, 6) is 0.379. The van der Waals surface area contributed by atoms with Crippen molar-refractivity contribution in [1.29, 1.82) is 0 Å². The van der Waals surface area contributed by atoms with Crippen molar-refractivity contribution in [2.45, 2.75) is 57.5 Å². The van der Waals surface area contributed by atoms with E-state index in [0.717, 1.165) is 19.3 Å². The Hall–Kier alpha value is -0.820. The van der Waals surface area contributed by atoms with Crippen LogP contribution in [0, 0.1) is 0 Å². The summed E-state index contributed by atoms with van der Waals surface area (Å²) in [6.45, 7) is 2.21. The maximum Gasteiger partial charge on any atom is 0.0608 e. The van der Waals surface area contributed by atoms with Gasteiger partial charge in [0, 0.05) is 5.92 Å². The number of aliphatic hydroxyl groups is 1. The van der Waals surface area contributed by atoms with Crippen molar-refractivity contribution in [3.05, 3.63) is 35.4 Å². The van der Waals surface area contributed by atoms with Crippen LogP contribution in [0.15, 0.2) is 24.3 Å². The minimum atomic E-state index is -0.120. The van der Waals surface area contributed by atoms with Crippen LogP contribution in [0.3, 0.4) is 0 Å². The quantitative estimate of drug-likeness (QED) is 0.821. The maximum absolute atomic E-state index is 10.00. The molecule has 1 heteroatoms. The molecule has 88 valence electrons. The predicted octanol–water partition coefficient (Wildman–Crippen LogP) is 3.66. The molecule has 1 N–H and O–H groups in total. The third kappa shape index (κ3) is 2.65. The zero-order chi connectivity index (χ0) is 11.4. The maximum atomic E-state index is 10.00. The van der Waals surface area contributed by atoms with E-state index < -0.39 is 0 Å². The first-order valence-electron chi connectivity index (χ1n) is 6.58. The van der Waals surface area contributed by atoms with Gasteiger partial charge in [-0.2, -0.15) is 0 Å². The van der Waals surface area contributed by atoms with Crippen molar-refractivity contribution in [3.8, 4) is 0 Å². The van der Waals surface area contributed by atoms with Crippen molar-refractivity contribution in [2.24, 2.45) is 0 Å². The molecule has 1 fully saturated rings. The number of aliphatic hydroxyl groups excluding tert-OH is 1. The van der Waals surface area contributed by atoms with Crippen LogP contribution in [0.4, 0.5) is 0 Å². The molecule has 1 aliphatic carbocycles. The molecule has 1 aliphatic rings. The molecule has 1 aromatic rings. The lowest BCUT2D eigenvalue weighted by molar-refractivity contribution is 0.106. The van der Waals surface area contributed by atoms with E-state index in [0.29, 0.717) is 5.92 Å². The van der Waals surface area contributed by atoms with Crippen LogP contribution in [-0.2, 0) is 6.42 Å². The molecular formula is C15H22O. The number of aryl methyl sites for hydroxylation is 1. The summed E-state index contributed by atoms with van der Waals surface area (Å²) in [5, 5.41) is 10.00. The van der Waals surface area contributed by atoms with Gasteiger partial charge in [0.05, 0.1) is 6.10 Å². The number of hydrogen-bond donors (Lipinski definition) is 1. The van der Waals surface area contributed by atoms with E-state index in [4.69, 9.17) is 0 Å². The lowest BCUT2D eigenvalue weighted by atomic mass is 9.81. The molecule has 1 nitrogen and oxygen atoms in total. The Labute approximate surface area is 98.5 Å². The summed E-state index contributed by atoms with van der Waals surface area (Å²) in [4.78, 5) is 0. The number of hydrogen-bond acceptors (Lipinski definition) is 1. The standard InChI is InChI=1S/C15H22O/c1-2-5-12-8-10-13(11-9-12)14-6-3-4-7-15(14)16/h8-11,14-16H,2-7H2,1H3/t14-,15-/m1/s1. The molecule has 0 amide bonds. The molecule has 0 aliphatic heterocycles. The van der Waals surface area contributed by atoms with Crippen LogP contribution in [0.1, 0.15) is 56.1 Å². The van der Waals surface area contributed by atoms with E-state index in [9.17, 15) is 5.11 Å². The molecule has 0 unspecified atom stereocenters. The summed E-state index contributed by atoms with van der Waals surface area (Å²) >= 11 is 0. The topological polar surface area (TPSA) is 20.2 Å². The summed E-state index contributed by atoms with van der Waals surface area (Å²) in [7, 11) is 0. The van der Waals surface area contributed by atoms with Gasteiger partial charge in [-0.05, 0) is 30.4 Å². The van der Waals surface area contributed by atoms with E-state index in [2.05, 4.69) is 31.2 Å². The van der Waals surface area contributed by atoms with Crippen molar-refractivity contribution < 1.29 is 5.11 Å². The van der Waals surface area contributed by atoms with Crippen molar-refractivity contribution in [3.63, 3.8) is 0 Å². The van der Waals surface area contributed by atoms with Crippen molar-refractivity contribution in [1.82, 2.24) is 0 Å². The predicted molar refractivity (Wildman–Crippen MR) is 67.7 cm³/mol. The largest absolute Gasteiger partial charge is 0.392 e. The minimum absolute atomic E-state index is 0.120. The van der Waals surface area contributed by atoms with Gasteiger partial charge in [-0.15, -0.1) is 0 Å². The van der Waals surface area contributed by atoms with Crippen LogP contribution in [-0.4, -0.2) is 11.2 Å². The fourth-order valence-corrected chi connectivity index (χ4v) is 2.72. The van der Waals surface area contributed by atoms with Crippen molar-refractivity contribution in [2.75, 3.05) is 0 Å². The van der Waals surface area contributed by atoms with Gasteiger partial charge >= 0.3 is 0 Å². The Bertz CT molecular complexity index is 315. The van der Waals surface area contributed by atoms with Crippen LogP contribution >= 0.6 is 0 Å². The summed E-state index contributed by atoms with van der Waals surface area (Å²) in [6, 6.07) is 8.87. The monoisotopic (exact) mass is 218 g/mol. The fraction of sp³-hybridized carbons (Fsp3) is 0.600. The van der Waals surface area contributed by atoms with Crippen LogP contribution in [0.25, 0.3) is 0 Å². The third-order valence-electron chi connectivity index (χ3n) is 3.68. The first kappa shape index (κ1) is 11.7. The van der Waals surface area contributed by atoms with Gasteiger partial charge in [-0.1, -0.05) is 50.5 Å². The fourth-order valence-electron chi connectivity index (χ4n) is 2.72.